The van der Waals surface area contributed by atoms with Gasteiger partial charge in [0.2, 0.25) is 5.91 Å². The lowest BCUT2D eigenvalue weighted by atomic mass is 10.1. The van der Waals surface area contributed by atoms with E-state index in [1.165, 1.54) is 22.9 Å². The van der Waals surface area contributed by atoms with Crippen molar-refractivity contribution in [1.29, 1.82) is 0 Å². The van der Waals surface area contributed by atoms with E-state index in [2.05, 4.69) is 65.8 Å². The summed E-state index contributed by atoms with van der Waals surface area (Å²) in [7, 11) is 0. The van der Waals surface area contributed by atoms with E-state index in [0.29, 0.717) is 11.7 Å². The van der Waals surface area contributed by atoms with E-state index in [1.54, 1.807) is 11.3 Å². The standard InChI is InChI=1S/C23H22N4OS2/c1-16-5-9-18(10-6-16)22-25-26-23(27(22)19-11-7-17(2)8-12-19)30-15-21(28)24-14-20-4-3-13-29-20/h3-13H,14-15H2,1-2H3,(H,24,28). The molecule has 0 saturated heterocycles. The number of aromatic nitrogens is 3. The summed E-state index contributed by atoms with van der Waals surface area (Å²) in [5.74, 6) is 1.02. The van der Waals surface area contributed by atoms with Crippen LogP contribution in [-0.4, -0.2) is 26.4 Å². The molecule has 0 bridgehead atoms. The SMILES string of the molecule is Cc1ccc(-c2nnc(SCC(=O)NCc3cccs3)n2-c2ccc(C)cc2)cc1. The summed E-state index contributed by atoms with van der Waals surface area (Å²) >= 11 is 3.02. The van der Waals surface area contributed by atoms with Crippen molar-refractivity contribution in [1.82, 2.24) is 20.1 Å². The molecule has 0 fully saturated rings. The number of rotatable bonds is 7. The van der Waals surface area contributed by atoms with Crippen LogP contribution >= 0.6 is 23.1 Å². The first-order valence-electron chi connectivity index (χ1n) is 9.61. The maximum Gasteiger partial charge on any atom is 0.230 e. The molecular weight excluding hydrogens is 412 g/mol. The number of carbonyl (C=O) groups excluding carboxylic acids is 1. The zero-order valence-electron chi connectivity index (χ0n) is 16.8. The van der Waals surface area contributed by atoms with E-state index in [-0.39, 0.29) is 11.7 Å². The van der Waals surface area contributed by atoms with Gasteiger partial charge in [0, 0.05) is 16.1 Å². The fourth-order valence-corrected chi connectivity index (χ4v) is 4.39. The molecule has 1 N–H and O–H groups in total. The number of thiophene rings is 1. The number of hydrogen-bond acceptors (Lipinski definition) is 5. The van der Waals surface area contributed by atoms with E-state index in [1.807, 2.05) is 34.2 Å². The maximum atomic E-state index is 12.3. The Kier molecular flexibility index (Phi) is 6.30. The van der Waals surface area contributed by atoms with Crippen LogP contribution in [0.1, 0.15) is 16.0 Å². The summed E-state index contributed by atoms with van der Waals surface area (Å²) in [6.45, 7) is 4.67. The minimum Gasteiger partial charge on any atom is -0.350 e. The maximum absolute atomic E-state index is 12.3. The molecule has 0 spiro atoms. The number of nitrogens with one attached hydrogen (secondary N) is 1. The van der Waals surface area contributed by atoms with Gasteiger partial charge in [-0.2, -0.15) is 0 Å². The lowest BCUT2D eigenvalue weighted by Gasteiger charge is -2.11. The molecule has 7 heteroatoms. The number of benzene rings is 2. The average Bonchev–Trinajstić information content (AvgIpc) is 3.42. The van der Waals surface area contributed by atoms with Gasteiger partial charge in [0.15, 0.2) is 11.0 Å². The summed E-state index contributed by atoms with van der Waals surface area (Å²) in [5, 5.41) is 14.5. The third-order valence-corrected chi connectivity index (χ3v) is 6.41. The van der Waals surface area contributed by atoms with Gasteiger partial charge in [-0.15, -0.1) is 21.5 Å². The summed E-state index contributed by atoms with van der Waals surface area (Å²) < 4.78 is 2.02. The zero-order chi connectivity index (χ0) is 20.9. The molecule has 0 aliphatic carbocycles. The van der Waals surface area contributed by atoms with Crippen molar-refractivity contribution < 1.29 is 4.79 Å². The lowest BCUT2D eigenvalue weighted by molar-refractivity contribution is -0.118. The van der Waals surface area contributed by atoms with Gasteiger partial charge in [-0.05, 0) is 37.4 Å². The van der Waals surface area contributed by atoms with Crippen LogP contribution in [0.2, 0.25) is 0 Å². The van der Waals surface area contributed by atoms with Gasteiger partial charge in [-0.1, -0.05) is 65.4 Å². The lowest BCUT2D eigenvalue weighted by Crippen LogP contribution is -2.24. The van der Waals surface area contributed by atoms with Gasteiger partial charge >= 0.3 is 0 Å². The molecule has 1 amide bonds. The predicted molar refractivity (Wildman–Crippen MR) is 123 cm³/mol. The van der Waals surface area contributed by atoms with Gasteiger partial charge in [-0.25, -0.2) is 0 Å². The van der Waals surface area contributed by atoms with E-state index in [4.69, 9.17) is 0 Å². The monoisotopic (exact) mass is 434 g/mol. The van der Waals surface area contributed by atoms with E-state index < -0.39 is 0 Å². The molecule has 0 saturated carbocycles. The minimum absolute atomic E-state index is 0.0243. The third-order valence-electron chi connectivity index (χ3n) is 4.61. The summed E-state index contributed by atoms with van der Waals surface area (Å²) in [5.41, 5.74) is 4.34. The third kappa shape index (κ3) is 4.80. The highest BCUT2D eigenvalue weighted by atomic mass is 32.2. The smallest absolute Gasteiger partial charge is 0.230 e. The Balaban J connectivity index is 1.57. The molecule has 0 unspecified atom stereocenters. The Morgan fingerprint density at radius 3 is 2.37 bits per heavy atom. The fraction of sp³-hybridized carbons (Fsp3) is 0.174. The highest BCUT2D eigenvalue weighted by Gasteiger charge is 2.17. The van der Waals surface area contributed by atoms with Crippen LogP contribution in [0.25, 0.3) is 17.1 Å². The summed E-state index contributed by atoms with van der Waals surface area (Å²) in [4.78, 5) is 13.5. The molecule has 4 aromatic rings. The Bertz CT molecular complexity index is 1120. The highest BCUT2D eigenvalue weighted by molar-refractivity contribution is 7.99. The van der Waals surface area contributed by atoms with Crippen LogP contribution in [0.5, 0.6) is 0 Å². The molecule has 2 aromatic carbocycles. The minimum atomic E-state index is -0.0243. The van der Waals surface area contributed by atoms with E-state index >= 15 is 0 Å². The topological polar surface area (TPSA) is 59.8 Å². The zero-order valence-corrected chi connectivity index (χ0v) is 18.5. The molecule has 30 heavy (non-hydrogen) atoms. The molecule has 2 heterocycles. The number of hydrogen-bond donors (Lipinski definition) is 1. The van der Waals surface area contributed by atoms with E-state index in [0.717, 1.165) is 22.0 Å². The summed E-state index contributed by atoms with van der Waals surface area (Å²) in [6, 6.07) is 20.5. The Morgan fingerprint density at radius 2 is 1.70 bits per heavy atom. The van der Waals surface area contributed by atoms with Crippen LogP contribution in [0.15, 0.2) is 71.2 Å². The van der Waals surface area contributed by atoms with Gasteiger partial charge in [0.25, 0.3) is 0 Å². The fourth-order valence-electron chi connectivity index (χ4n) is 2.96. The quantitative estimate of drug-likeness (QED) is 0.415. The highest BCUT2D eigenvalue weighted by Crippen LogP contribution is 2.28. The van der Waals surface area contributed by atoms with Crippen LogP contribution < -0.4 is 5.32 Å². The van der Waals surface area contributed by atoms with Gasteiger partial charge < -0.3 is 5.32 Å². The number of nitrogens with zero attached hydrogens (tertiary/aromatic N) is 3. The second kappa shape index (κ2) is 9.28. The van der Waals surface area contributed by atoms with Crippen LogP contribution in [0, 0.1) is 13.8 Å². The number of thioether (sulfide) groups is 1. The van der Waals surface area contributed by atoms with Crippen molar-refractivity contribution in [2.75, 3.05) is 5.75 Å². The molecule has 0 radical (unpaired) electrons. The van der Waals surface area contributed by atoms with Crippen molar-refractivity contribution in [3.8, 4) is 17.1 Å². The number of carbonyl (C=O) groups is 1. The molecule has 152 valence electrons. The van der Waals surface area contributed by atoms with Crippen LogP contribution in [0.4, 0.5) is 0 Å². The molecule has 4 rings (SSSR count). The molecule has 5 nitrogen and oxygen atoms in total. The second-order valence-electron chi connectivity index (χ2n) is 6.99. The first kappa shape index (κ1) is 20.4. The molecule has 0 aliphatic heterocycles. The largest absolute Gasteiger partial charge is 0.350 e. The van der Waals surface area contributed by atoms with E-state index in [9.17, 15) is 4.79 Å². The van der Waals surface area contributed by atoms with Crippen molar-refractivity contribution >= 4 is 29.0 Å². The first-order valence-corrected chi connectivity index (χ1v) is 11.5. The van der Waals surface area contributed by atoms with Gasteiger partial charge in [0.05, 0.1) is 12.3 Å². The average molecular weight is 435 g/mol. The van der Waals surface area contributed by atoms with Crippen molar-refractivity contribution in [2.24, 2.45) is 0 Å². The van der Waals surface area contributed by atoms with Crippen molar-refractivity contribution in [2.45, 2.75) is 25.5 Å². The van der Waals surface area contributed by atoms with Crippen LogP contribution in [0.3, 0.4) is 0 Å². The van der Waals surface area contributed by atoms with Gasteiger partial charge in [0.1, 0.15) is 0 Å². The Hall–Kier alpha value is -2.90. The second-order valence-corrected chi connectivity index (χ2v) is 8.96. The molecule has 2 aromatic heterocycles. The first-order chi connectivity index (χ1) is 14.6. The molecule has 0 aliphatic rings. The number of amides is 1. The van der Waals surface area contributed by atoms with Crippen molar-refractivity contribution in [3.05, 3.63) is 82.0 Å². The Labute approximate surface area is 184 Å². The van der Waals surface area contributed by atoms with Crippen molar-refractivity contribution in [3.63, 3.8) is 0 Å². The number of aryl methyl sites for hydroxylation is 2. The normalized spacial score (nSPS) is 10.9. The Morgan fingerprint density at radius 1 is 1.00 bits per heavy atom. The van der Waals surface area contributed by atoms with Crippen LogP contribution in [-0.2, 0) is 11.3 Å². The molecule has 0 atom stereocenters. The summed E-state index contributed by atoms with van der Waals surface area (Å²) in [6.07, 6.45) is 0. The predicted octanol–water partition coefficient (Wildman–Crippen LogP) is 5.02. The molecular formula is C23H22N4OS2. The van der Waals surface area contributed by atoms with Gasteiger partial charge in [-0.3, -0.25) is 9.36 Å².